The largest absolute Gasteiger partial charge is 0.417 e. The summed E-state index contributed by atoms with van der Waals surface area (Å²) in [4.78, 5) is 12.2. The molecule has 2 N–H and O–H groups in total. The van der Waals surface area contributed by atoms with Gasteiger partial charge in [-0.15, -0.1) is 0 Å². The van der Waals surface area contributed by atoms with Crippen molar-refractivity contribution in [1.29, 1.82) is 0 Å². The lowest BCUT2D eigenvalue weighted by Gasteiger charge is -2.09. The highest BCUT2D eigenvalue weighted by Gasteiger charge is 2.32. The van der Waals surface area contributed by atoms with Crippen molar-refractivity contribution in [1.82, 2.24) is 5.43 Å². The molecule has 0 radical (unpaired) electrons. The molecule has 3 rings (SSSR count). The van der Waals surface area contributed by atoms with Crippen molar-refractivity contribution in [3.8, 4) is 0 Å². The lowest BCUT2D eigenvalue weighted by molar-refractivity contribution is -0.137. The molecule has 166 valence electrons. The Balaban J connectivity index is 1.66. The Bertz CT molecular complexity index is 1240. The number of alkyl halides is 3. The van der Waals surface area contributed by atoms with Crippen molar-refractivity contribution in [2.24, 2.45) is 5.10 Å². The molecule has 1 amide bonds. The SMILES string of the molecule is O=C(N/N=C\c1ccccc1C(F)(F)F)c1ccc(NS(=O)(=O)c2ccc(Cl)cc2)cc1. The van der Waals surface area contributed by atoms with E-state index in [0.29, 0.717) is 5.02 Å². The van der Waals surface area contributed by atoms with Crippen molar-refractivity contribution < 1.29 is 26.4 Å². The number of amides is 1. The van der Waals surface area contributed by atoms with Gasteiger partial charge in [-0.2, -0.15) is 18.3 Å². The number of carbonyl (C=O) groups excluding carboxylic acids is 1. The molecule has 3 aromatic rings. The molecule has 3 aromatic carbocycles. The second kappa shape index (κ2) is 9.41. The zero-order chi connectivity index (χ0) is 23.4. The molecule has 0 aliphatic rings. The Morgan fingerprint density at radius 1 is 0.938 bits per heavy atom. The molecule has 11 heteroatoms. The summed E-state index contributed by atoms with van der Waals surface area (Å²) in [5.41, 5.74) is 1.39. The smallest absolute Gasteiger partial charge is 0.280 e. The molecule has 6 nitrogen and oxygen atoms in total. The average molecular weight is 482 g/mol. The van der Waals surface area contributed by atoms with E-state index >= 15 is 0 Å². The lowest BCUT2D eigenvalue weighted by Crippen LogP contribution is -2.18. The highest BCUT2D eigenvalue weighted by Crippen LogP contribution is 2.31. The number of nitrogens with one attached hydrogen (secondary N) is 2. The molecule has 0 atom stereocenters. The minimum Gasteiger partial charge on any atom is -0.280 e. The number of hydrazone groups is 1. The summed E-state index contributed by atoms with van der Waals surface area (Å²) in [6.07, 6.45) is -3.66. The molecule has 0 unspecified atom stereocenters. The number of rotatable bonds is 6. The molecular weight excluding hydrogens is 467 g/mol. The number of sulfonamides is 1. The first-order valence-corrected chi connectivity index (χ1v) is 10.8. The highest BCUT2D eigenvalue weighted by atomic mass is 35.5. The quantitative estimate of drug-likeness (QED) is 0.387. The van der Waals surface area contributed by atoms with Crippen LogP contribution in [0.15, 0.2) is 82.8 Å². The molecule has 0 saturated carbocycles. The average Bonchev–Trinajstić information content (AvgIpc) is 2.74. The van der Waals surface area contributed by atoms with Crippen LogP contribution in [0.2, 0.25) is 5.02 Å². The van der Waals surface area contributed by atoms with Crippen LogP contribution < -0.4 is 10.1 Å². The van der Waals surface area contributed by atoms with E-state index in [0.717, 1.165) is 12.3 Å². The summed E-state index contributed by atoms with van der Waals surface area (Å²) < 4.78 is 66.0. The van der Waals surface area contributed by atoms with Gasteiger partial charge in [0.2, 0.25) is 0 Å². The standard InChI is InChI=1S/C21H15ClF3N3O3S/c22-16-7-11-18(12-8-16)32(30,31)28-17-9-5-14(6-10-17)20(29)27-26-13-15-3-1-2-4-19(15)21(23,24)25/h1-13,28H,(H,27,29)/b26-13-. The van der Waals surface area contributed by atoms with E-state index in [4.69, 9.17) is 11.6 Å². The first kappa shape index (κ1) is 23.3. The maximum absolute atomic E-state index is 13.0. The van der Waals surface area contributed by atoms with Gasteiger partial charge in [-0.3, -0.25) is 9.52 Å². The predicted molar refractivity (Wildman–Crippen MR) is 115 cm³/mol. The minimum atomic E-state index is -4.55. The van der Waals surface area contributed by atoms with Gasteiger partial charge >= 0.3 is 6.18 Å². The Hall–Kier alpha value is -3.37. The van der Waals surface area contributed by atoms with Crippen molar-refractivity contribution in [2.75, 3.05) is 4.72 Å². The van der Waals surface area contributed by atoms with Gasteiger partial charge in [0.25, 0.3) is 15.9 Å². The summed E-state index contributed by atoms with van der Waals surface area (Å²) in [7, 11) is -3.85. The molecule has 0 aliphatic heterocycles. The van der Waals surface area contributed by atoms with Crippen molar-refractivity contribution in [2.45, 2.75) is 11.1 Å². The highest BCUT2D eigenvalue weighted by molar-refractivity contribution is 7.92. The van der Waals surface area contributed by atoms with Crippen LogP contribution in [0.4, 0.5) is 18.9 Å². The molecule has 0 bridgehead atoms. The van der Waals surface area contributed by atoms with Crippen LogP contribution in [0.5, 0.6) is 0 Å². The van der Waals surface area contributed by atoms with E-state index < -0.39 is 27.7 Å². The van der Waals surface area contributed by atoms with Gasteiger partial charge in [0.15, 0.2) is 0 Å². The van der Waals surface area contributed by atoms with Crippen molar-refractivity contribution in [3.63, 3.8) is 0 Å². The van der Waals surface area contributed by atoms with E-state index in [2.05, 4.69) is 15.2 Å². The summed E-state index contributed by atoms with van der Waals surface area (Å²) in [6, 6.07) is 15.8. The topological polar surface area (TPSA) is 87.6 Å². The first-order valence-electron chi connectivity index (χ1n) is 8.94. The van der Waals surface area contributed by atoms with Gasteiger partial charge < -0.3 is 0 Å². The summed E-state index contributed by atoms with van der Waals surface area (Å²) in [6.45, 7) is 0. The van der Waals surface area contributed by atoms with Crippen LogP contribution in [0.25, 0.3) is 0 Å². The van der Waals surface area contributed by atoms with E-state index in [1.807, 2.05) is 0 Å². The zero-order valence-electron chi connectivity index (χ0n) is 16.1. The summed E-state index contributed by atoms with van der Waals surface area (Å²) in [5.74, 6) is -0.683. The normalized spacial score (nSPS) is 12.0. The Morgan fingerprint density at radius 2 is 1.56 bits per heavy atom. The number of benzene rings is 3. The molecule has 0 aliphatic carbocycles. The van der Waals surface area contributed by atoms with E-state index in [9.17, 15) is 26.4 Å². The Labute approximate surface area is 186 Å². The van der Waals surface area contributed by atoms with Crippen molar-refractivity contribution in [3.05, 3.63) is 94.5 Å². The lowest BCUT2D eigenvalue weighted by atomic mass is 10.1. The van der Waals surface area contributed by atoms with E-state index in [-0.39, 0.29) is 21.7 Å². The summed E-state index contributed by atoms with van der Waals surface area (Å²) >= 11 is 5.75. The van der Waals surface area contributed by atoms with Crippen LogP contribution in [0.1, 0.15) is 21.5 Å². The second-order valence-electron chi connectivity index (χ2n) is 6.42. The third-order valence-electron chi connectivity index (χ3n) is 4.16. The van der Waals surface area contributed by atoms with E-state index in [1.54, 1.807) is 0 Å². The fourth-order valence-corrected chi connectivity index (χ4v) is 3.79. The fraction of sp³-hybridized carbons (Fsp3) is 0.0476. The molecule has 32 heavy (non-hydrogen) atoms. The minimum absolute atomic E-state index is 0.0113. The van der Waals surface area contributed by atoms with Gasteiger partial charge in [-0.05, 0) is 54.6 Å². The van der Waals surface area contributed by atoms with Gasteiger partial charge in [-0.1, -0.05) is 29.8 Å². The van der Waals surface area contributed by atoms with Gasteiger partial charge in [0.1, 0.15) is 0 Å². The number of hydrogen-bond donors (Lipinski definition) is 2. The summed E-state index contributed by atoms with van der Waals surface area (Å²) in [5, 5.41) is 3.97. The van der Waals surface area contributed by atoms with Crippen molar-refractivity contribution >= 4 is 39.4 Å². The number of anilines is 1. The Kier molecular flexibility index (Phi) is 6.85. The predicted octanol–water partition coefficient (Wildman–Crippen LogP) is 4.92. The molecule has 0 spiro atoms. The molecule has 0 heterocycles. The Morgan fingerprint density at radius 3 is 2.19 bits per heavy atom. The second-order valence-corrected chi connectivity index (χ2v) is 8.54. The van der Waals surface area contributed by atoms with Gasteiger partial charge in [0.05, 0.1) is 16.7 Å². The number of carbonyl (C=O) groups is 1. The van der Waals surface area contributed by atoms with Gasteiger partial charge in [0, 0.05) is 21.8 Å². The van der Waals surface area contributed by atoms with Gasteiger partial charge in [-0.25, -0.2) is 13.8 Å². The zero-order valence-corrected chi connectivity index (χ0v) is 17.7. The fourth-order valence-electron chi connectivity index (χ4n) is 2.61. The molecule has 0 fully saturated rings. The number of nitrogens with zero attached hydrogens (tertiary/aromatic N) is 1. The van der Waals surface area contributed by atoms with Crippen LogP contribution in [-0.4, -0.2) is 20.5 Å². The maximum atomic E-state index is 13.0. The third-order valence-corrected chi connectivity index (χ3v) is 5.81. The van der Waals surface area contributed by atoms with Crippen LogP contribution in [0.3, 0.4) is 0 Å². The van der Waals surface area contributed by atoms with Crippen LogP contribution >= 0.6 is 11.6 Å². The number of halogens is 4. The van der Waals surface area contributed by atoms with Crippen LogP contribution in [-0.2, 0) is 16.2 Å². The first-order chi connectivity index (χ1) is 15.1. The monoisotopic (exact) mass is 481 g/mol. The molecular formula is C21H15ClF3N3O3S. The number of hydrogen-bond acceptors (Lipinski definition) is 4. The molecule has 0 saturated heterocycles. The molecule has 0 aromatic heterocycles. The third kappa shape index (κ3) is 5.86. The van der Waals surface area contributed by atoms with E-state index in [1.165, 1.54) is 66.7 Å². The van der Waals surface area contributed by atoms with Crippen LogP contribution in [0, 0.1) is 0 Å². The maximum Gasteiger partial charge on any atom is 0.417 e.